The minimum atomic E-state index is -0.531. The number of carbonyl (C=O) groups is 2. The summed E-state index contributed by atoms with van der Waals surface area (Å²) < 4.78 is 31.8. The average molecular weight is 579 g/mol. The fourth-order valence-corrected chi connectivity index (χ4v) is 5.09. The topological polar surface area (TPSA) is 121 Å². The number of aromatic amines is 1. The lowest BCUT2D eigenvalue weighted by molar-refractivity contribution is -0.135. The van der Waals surface area contributed by atoms with E-state index < -0.39 is 5.82 Å². The van der Waals surface area contributed by atoms with Gasteiger partial charge in [-0.2, -0.15) is 0 Å². The molecule has 0 aliphatic carbocycles. The van der Waals surface area contributed by atoms with E-state index in [0.717, 1.165) is 5.69 Å². The number of benzene rings is 1. The molecule has 1 fully saturated rings. The second-order valence-electron chi connectivity index (χ2n) is 10.3. The highest BCUT2D eigenvalue weighted by Crippen LogP contribution is 2.42. The standard InChI is InChI=1S/C30H35FN6O5/c1-36(2)13-5-8-25(38)37-14-15-41-17-19(37)18-42-24-16-32-11-9-20(24)27-28(26-22(34-27)10-12-33-30(26)39)35-23-7-4-6-21(31)29(23)40-3/h4-9,11,16,19,34-35H,10,12-15,17-18H2,1-3H3,(H,33,39)/b8-5+/t19-/m1/s1. The zero-order valence-electron chi connectivity index (χ0n) is 23.9. The molecule has 3 N–H and O–H groups in total. The normalized spacial score (nSPS) is 16.8. The number of fused-ring (bicyclic) bond motifs is 1. The largest absolute Gasteiger partial charge is 0.492 e. The van der Waals surface area contributed by atoms with Crippen LogP contribution in [0.3, 0.4) is 0 Å². The molecule has 0 unspecified atom stereocenters. The minimum Gasteiger partial charge on any atom is -0.492 e. The number of methoxy groups -OCH3 is 1. The Morgan fingerprint density at radius 2 is 2.19 bits per heavy atom. The van der Waals surface area contributed by atoms with Crippen molar-refractivity contribution in [3.63, 3.8) is 0 Å². The van der Waals surface area contributed by atoms with Crippen molar-refractivity contribution in [2.45, 2.75) is 12.5 Å². The summed E-state index contributed by atoms with van der Waals surface area (Å²) in [5, 5.41) is 6.12. The Morgan fingerprint density at radius 3 is 3.00 bits per heavy atom. The molecule has 12 heteroatoms. The van der Waals surface area contributed by atoms with Gasteiger partial charge in [-0.1, -0.05) is 12.1 Å². The van der Waals surface area contributed by atoms with Gasteiger partial charge in [-0.05, 0) is 32.3 Å². The molecular formula is C30H35FN6O5. The SMILES string of the molecule is COc1c(F)cccc1Nc1c(-c2ccncc2OC[C@H]2COCCN2C(=O)/C=C/CN(C)C)[nH]c2c1C(=O)NCC2. The maximum atomic E-state index is 14.5. The maximum absolute atomic E-state index is 14.5. The lowest BCUT2D eigenvalue weighted by atomic mass is 10.0. The third-order valence-corrected chi connectivity index (χ3v) is 7.12. The van der Waals surface area contributed by atoms with Gasteiger partial charge in [0.25, 0.3) is 5.91 Å². The molecule has 0 spiro atoms. The summed E-state index contributed by atoms with van der Waals surface area (Å²) >= 11 is 0. The van der Waals surface area contributed by atoms with Gasteiger partial charge in [0, 0.05) is 49.6 Å². The number of anilines is 2. The van der Waals surface area contributed by atoms with Gasteiger partial charge >= 0.3 is 0 Å². The van der Waals surface area contributed by atoms with Gasteiger partial charge in [0.2, 0.25) is 5.91 Å². The Hall–Kier alpha value is -4.42. The van der Waals surface area contributed by atoms with E-state index in [1.54, 1.807) is 41.6 Å². The molecule has 4 heterocycles. The summed E-state index contributed by atoms with van der Waals surface area (Å²) in [5.41, 5.74) is 3.24. The molecule has 1 atom stereocenters. The number of ether oxygens (including phenoxy) is 3. The fraction of sp³-hybridized carbons (Fsp3) is 0.367. The maximum Gasteiger partial charge on any atom is 0.255 e. The molecule has 1 aromatic carbocycles. The summed E-state index contributed by atoms with van der Waals surface area (Å²) in [6, 6.07) is 6.02. The van der Waals surface area contributed by atoms with Crippen LogP contribution in [0.25, 0.3) is 11.3 Å². The third-order valence-electron chi connectivity index (χ3n) is 7.12. The Bertz CT molecular complexity index is 1470. The van der Waals surface area contributed by atoms with Crippen LogP contribution in [-0.4, -0.2) is 98.3 Å². The van der Waals surface area contributed by atoms with Crippen molar-refractivity contribution in [3.05, 3.63) is 65.9 Å². The quantitative estimate of drug-likeness (QED) is 0.314. The number of likely N-dealkylation sites (N-methyl/N-ethyl adjacent to an activating group) is 1. The number of aromatic nitrogens is 2. The second-order valence-corrected chi connectivity index (χ2v) is 10.3. The molecule has 11 nitrogen and oxygen atoms in total. The fourth-order valence-electron chi connectivity index (χ4n) is 5.09. The molecule has 2 aliphatic rings. The van der Waals surface area contributed by atoms with Crippen LogP contribution in [-0.2, 0) is 16.0 Å². The third kappa shape index (κ3) is 6.24. The predicted molar refractivity (Wildman–Crippen MR) is 156 cm³/mol. The predicted octanol–water partition coefficient (Wildman–Crippen LogP) is 2.98. The Balaban J connectivity index is 1.45. The van der Waals surface area contributed by atoms with E-state index in [1.807, 2.05) is 25.1 Å². The van der Waals surface area contributed by atoms with Crippen LogP contribution in [0, 0.1) is 5.82 Å². The average Bonchev–Trinajstić information content (AvgIpc) is 3.35. The molecule has 5 rings (SSSR count). The van der Waals surface area contributed by atoms with Crippen molar-refractivity contribution in [1.29, 1.82) is 0 Å². The molecule has 2 aliphatic heterocycles. The zero-order chi connectivity index (χ0) is 29.6. The molecule has 0 saturated carbocycles. The van der Waals surface area contributed by atoms with E-state index in [1.165, 1.54) is 13.2 Å². The molecule has 2 amide bonds. The number of pyridine rings is 1. The van der Waals surface area contributed by atoms with E-state index >= 15 is 0 Å². The highest BCUT2D eigenvalue weighted by atomic mass is 19.1. The van der Waals surface area contributed by atoms with Crippen molar-refractivity contribution in [1.82, 2.24) is 25.1 Å². The first-order valence-electron chi connectivity index (χ1n) is 13.8. The van der Waals surface area contributed by atoms with Crippen LogP contribution in [0.5, 0.6) is 11.5 Å². The van der Waals surface area contributed by atoms with Gasteiger partial charge in [0.05, 0.1) is 55.2 Å². The number of hydrogen-bond donors (Lipinski definition) is 3. The number of nitrogens with one attached hydrogen (secondary N) is 3. The summed E-state index contributed by atoms with van der Waals surface area (Å²) in [7, 11) is 5.27. The van der Waals surface area contributed by atoms with Crippen LogP contribution in [0.4, 0.5) is 15.8 Å². The number of halogens is 1. The Morgan fingerprint density at radius 1 is 1.33 bits per heavy atom. The highest BCUT2D eigenvalue weighted by Gasteiger charge is 2.30. The van der Waals surface area contributed by atoms with Crippen molar-refractivity contribution >= 4 is 23.2 Å². The minimum absolute atomic E-state index is 0.0301. The molecule has 42 heavy (non-hydrogen) atoms. The highest BCUT2D eigenvalue weighted by molar-refractivity contribution is 6.06. The summed E-state index contributed by atoms with van der Waals surface area (Å²) in [5.74, 6) is -0.395. The van der Waals surface area contributed by atoms with Gasteiger partial charge in [-0.3, -0.25) is 14.6 Å². The molecule has 3 aromatic rings. The molecular weight excluding hydrogens is 543 g/mol. The van der Waals surface area contributed by atoms with Crippen LogP contribution in [0.15, 0.2) is 48.8 Å². The summed E-state index contributed by atoms with van der Waals surface area (Å²) in [6.45, 7) is 2.58. The van der Waals surface area contributed by atoms with Gasteiger partial charge < -0.3 is 39.6 Å². The Kier molecular flexibility index (Phi) is 9.03. The van der Waals surface area contributed by atoms with Crippen molar-refractivity contribution < 1.29 is 28.2 Å². The molecule has 2 aromatic heterocycles. The number of hydrogen-bond acceptors (Lipinski definition) is 8. The first kappa shape index (κ1) is 29.1. The smallest absolute Gasteiger partial charge is 0.255 e. The van der Waals surface area contributed by atoms with Crippen LogP contribution in [0.2, 0.25) is 0 Å². The Labute approximate surface area is 243 Å². The number of H-pyrrole nitrogens is 1. The number of carbonyl (C=O) groups excluding carboxylic acids is 2. The zero-order valence-corrected chi connectivity index (χ0v) is 23.9. The van der Waals surface area contributed by atoms with Crippen molar-refractivity contribution in [2.75, 3.05) is 66.0 Å². The first-order chi connectivity index (χ1) is 20.4. The van der Waals surface area contributed by atoms with E-state index in [2.05, 4.69) is 20.6 Å². The van der Waals surface area contributed by atoms with E-state index in [-0.39, 0.29) is 30.2 Å². The van der Waals surface area contributed by atoms with E-state index in [9.17, 15) is 14.0 Å². The van der Waals surface area contributed by atoms with E-state index in [0.29, 0.717) is 73.2 Å². The van der Waals surface area contributed by atoms with Crippen molar-refractivity contribution in [2.24, 2.45) is 0 Å². The van der Waals surface area contributed by atoms with Crippen LogP contribution in [0.1, 0.15) is 16.1 Å². The number of para-hydroxylation sites is 1. The van der Waals surface area contributed by atoms with Gasteiger partial charge in [-0.25, -0.2) is 4.39 Å². The van der Waals surface area contributed by atoms with Gasteiger partial charge in [0.1, 0.15) is 12.4 Å². The molecule has 1 saturated heterocycles. The molecule has 222 valence electrons. The lowest BCUT2D eigenvalue weighted by Gasteiger charge is -2.34. The van der Waals surface area contributed by atoms with Crippen LogP contribution >= 0.6 is 0 Å². The number of amides is 2. The molecule has 0 radical (unpaired) electrons. The monoisotopic (exact) mass is 578 g/mol. The van der Waals surface area contributed by atoms with Crippen molar-refractivity contribution in [3.8, 4) is 22.8 Å². The number of nitrogens with zero attached hydrogens (tertiary/aromatic N) is 3. The van der Waals surface area contributed by atoms with E-state index in [4.69, 9.17) is 14.2 Å². The summed E-state index contributed by atoms with van der Waals surface area (Å²) in [4.78, 5) is 37.3. The number of morpholine rings is 1. The lowest BCUT2D eigenvalue weighted by Crippen LogP contribution is -2.51. The number of rotatable bonds is 10. The first-order valence-corrected chi connectivity index (χ1v) is 13.8. The second kappa shape index (κ2) is 13.0. The molecule has 0 bridgehead atoms. The van der Waals surface area contributed by atoms with Gasteiger partial charge in [-0.15, -0.1) is 0 Å². The van der Waals surface area contributed by atoms with Gasteiger partial charge in [0.15, 0.2) is 11.6 Å². The van der Waals surface area contributed by atoms with Crippen LogP contribution < -0.4 is 20.1 Å². The summed E-state index contributed by atoms with van der Waals surface area (Å²) in [6.07, 6.45) is 7.23.